The summed E-state index contributed by atoms with van der Waals surface area (Å²) in [5.74, 6) is -0.500. The molecule has 0 bridgehead atoms. The third-order valence-electron chi connectivity index (χ3n) is 4.07. The van der Waals surface area contributed by atoms with Crippen molar-refractivity contribution < 1.29 is 33.1 Å². The molecule has 2 atom stereocenters. The molecule has 1 aromatic rings. The lowest BCUT2D eigenvalue weighted by Crippen LogP contribution is -2.49. The first-order chi connectivity index (χ1) is 11.8. The highest BCUT2D eigenvalue weighted by atomic mass is 31.2. The maximum Gasteiger partial charge on any atom is 0.394 e. The van der Waals surface area contributed by atoms with E-state index in [-0.39, 0.29) is 18.7 Å². The van der Waals surface area contributed by atoms with Gasteiger partial charge in [0, 0.05) is 13.1 Å². The standard InChI is InChI=1S/C16H22NO7P/c1-13-4-6-14(7-5-13)24-25(21,23-10-15(19)22-2)16(12-18)8-3-9-17(20)11-16/h4-7,12,20H,3,8-11H2,1-2H3. The Labute approximate surface area is 146 Å². The quantitative estimate of drug-likeness (QED) is 0.442. The second kappa shape index (κ2) is 8.10. The van der Waals surface area contributed by atoms with E-state index in [2.05, 4.69) is 4.74 Å². The van der Waals surface area contributed by atoms with Crippen molar-refractivity contribution in [2.75, 3.05) is 26.8 Å². The summed E-state index contributed by atoms with van der Waals surface area (Å²) in [5, 5.41) is 9.15. The highest BCUT2D eigenvalue weighted by Crippen LogP contribution is 2.61. The molecule has 8 nitrogen and oxygen atoms in total. The number of nitrogens with zero attached hydrogens (tertiary/aromatic N) is 1. The van der Waals surface area contributed by atoms with E-state index in [1.165, 1.54) is 7.11 Å². The summed E-state index contributed by atoms with van der Waals surface area (Å²) in [6.45, 7) is 1.40. The number of piperidine rings is 1. The molecule has 138 valence electrons. The zero-order valence-corrected chi connectivity index (χ0v) is 15.1. The molecule has 1 aliphatic rings. The topological polar surface area (TPSA) is 102 Å². The minimum Gasteiger partial charge on any atom is -0.467 e. The monoisotopic (exact) mass is 371 g/mol. The Morgan fingerprint density at radius 1 is 1.40 bits per heavy atom. The number of aldehydes is 1. The molecule has 2 unspecified atom stereocenters. The van der Waals surface area contributed by atoms with Crippen LogP contribution in [0.5, 0.6) is 5.75 Å². The van der Waals surface area contributed by atoms with Gasteiger partial charge in [-0.3, -0.25) is 4.52 Å². The molecule has 0 aromatic heterocycles. The predicted molar refractivity (Wildman–Crippen MR) is 88.8 cm³/mol. The Kier molecular flexibility index (Phi) is 6.35. The van der Waals surface area contributed by atoms with Crippen LogP contribution in [0.3, 0.4) is 0 Å². The molecule has 9 heteroatoms. The van der Waals surface area contributed by atoms with Gasteiger partial charge in [0.05, 0.1) is 7.11 Å². The van der Waals surface area contributed by atoms with Crippen LogP contribution in [0.15, 0.2) is 24.3 Å². The van der Waals surface area contributed by atoms with Crippen LogP contribution < -0.4 is 4.52 Å². The average Bonchev–Trinajstić information content (AvgIpc) is 2.61. The average molecular weight is 371 g/mol. The smallest absolute Gasteiger partial charge is 0.394 e. The number of ether oxygens (including phenoxy) is 1. The van der Waals surface area contributed by atoms with Crippen LogP contribution in [-0.2, 0) is 23.4 Å². The van der Waals surface area contributed by atoms with Crippen molar-refractivity contribution >= 4 is 19.9 Å². The third kappa shape index (κ3) is 4.46. The van der Waals surface area contributed by atoms with Gasteiger partial charge in [-0.1, -0.05) is 17.7 Å². The summed E-state index contributed by atoms with van der Waals surface area (Å²) in [5.41, 5.74) is 0.974. The number of hydrogen-bond donors (Lipinski definition) is 1. The van der Waals surface area contributed by atoms with Gasteiger partial charge in [0.25, 0.3) is 0 Å². The number of methoxy groups -OCH3 is 1. The van der Waals surface area contributed by atoms with Crippen molar-refractivity contribution in [2.24, 2.45) is 0 Å². The maximum absolute atomic E-state index is 13.5. The van der Waals surface area contributed by atoms with Crippen LogP contribution in [0.4, 0.5) is 0 Å². The Morgan fingerprint density at radius 3 is 2.64 bits per heavy atom. The number of hydroxylamine groups is 2. The molecular formula is C16H22NO7P. The van der Waals surface area contributed by atoms with Crippen LogP contribution in [0.1, 0.15) is 18.4 Å². The van der Waals surface area contributed by atoms with E-state index in [0.717, 1.165) is 10.6 Å². The maximum atomic E-state index is 13.5. The van der Waals surface area contributed by atoms with Crippen LogP contribution in [0.25, 0.3) is 0 Å². The highest BCUT2D eigenvalue weighted by molar-refractivity contribution is 7.57. The molecule has 0 spiro atoms. The first kappa shape index (κ1) is 19.6. The largest absolute Gasteiger partial charge is 0.467 e. The summed E-state index contributed by atoms with van der Waals surface area (Å²) >= 11 is 0. The van der Waals surface area contributed by atoms with Gasteiger partial charge in [-0.15, -0.1) is 0 Å². The first-order valence-corrected chi connectivity index (χ1v) is 9.36. The van der Waals surface area contributed by atoms with E-state index >= 15 is 0 Å². The zero-order valence-electron chi connectivity index (χ0n) is 14.2. The second-order valence-electron chi connectivity index (χ2n) is 5.96. The summed E-state index contributed by atoms with van der Waals surface area (Å²) in [7, 11) is -2.97. The Morgan fingerprint density at radius 2 is 2.08 bits per heavy atom. The van der Waals surface area contributed by atoms with Gasteiger partial charge in [0.1, 0.15) is 12.0 Å². The van der Waals surface area contributed by atoms with Crippen molar-refractivity contribution in [1.82, 2.24) is 5.06 Å². The van der Waals surface area contributed by atoms with Gasteiger partial charge in [-0.25, -0.2) is 9.36 Å². The number of aryl methyl sites for hydroxylation is 1. The number of hydrogen-bond acceptors (Lipinski definition) is 8. The lowest BCUT2D eigenvalue weighted by atomic mass is 10.00. The summed E-state index contributed by atoms with van der Waals surface area (Å²) in [6, 6.07) is 6.71. The normalized spacial score (nSPS) is 23.5. The Bertz CT molecular complexity index is 663. The molecule has 1 aromatic carbocycles. The summed E-state index contributed by atoms with van der Waals surface area (Å²) in [4.78, 5) is 23.3. The number of benzene rings is 1. The highest BCUT2D eigenvalue weighted by Gasteiger charge is 2.55. The van der Waals surface area contributed by atoms with E-state index in [4.69, 9.17) is 9.05 Å². The minimum absolute atomic E-state index is 0.206. The summed E-state index contributed by atoms with van der Waals surface area (Å²) < 4.78 is 28.9. The fraction of sp³-hybridized carbons (Fsp3) is 0.500. The molecule has 1 heterocycles. The van der Waals surface area contributed by atoms with Crippen molar-refractivity contribution in [3.05, 3.63) is 29.8 Å². The number of carbonyl (C=O) groups excluding carboxylic acids is 2. The fourth-order valence-corrected chi connectivity index (χ4v) is 4.67. The molecule has 1 N–H and O–H groups in total. The molecule has 1 aliphatic heterocycles. The van der Waals surface area contributed by atoms with Crippen LogP contribution in [-0.4, -0.2) is 54.5 Å². The molecule has 0 aliphatic carbocycles. The van der Waals surface area contributed by atoms with Crippen molar-refractivity contribution in [3.8, 4) is 5.75 Å². The van der Waals surface area contributed by atoms with Crippen molar-refractivity contribution in [3.63, 3.8) is 0 Å². The number of carbonyl (C=O) groups is 2. The van der Waals surface area contributed by atoms with E-state index in [0.29, 0.717) is 19.3 Å². The lowest BCUT2D eigenvalue weighted by molar-refractivity contribution is -0.143. The molecule has 1 saturated heterocycles. The van der Waals surface area contributed by atoms with Crippen LogP contribution >= 0.6 is 7.60 Å². The number of esters is 1. The van der Waals surface area contributed by atoms with Gasteiger partial charge in [0.15, 0.2) is 11.8 Å². The lowest BCUT2D eigenvalue weighted by Gasteiger charge is -2.39. The molecule has 1 fully saturated rings. The summed E-state index contributed by atoms with van der Waals surface area (Å²) in [6.07, 6.45) is 1.12. The Balaban J connectivity index is 2.35. The zero-order chi connectivity index (χ0) is 18.5. The SMILES string of the molecule is COC(=O)COP(=O)(Oc1ccc(C)cc1)C1(C=O)CCCN(O)C1. The molecular weight excluding hydrogens is 349 g/mol. The Hall–Kier alpha value is -1.73. The fourth-order valence-electron chi connectivity index (χ4n) is 2.61. The molecule has 0 amide bonds. The minimum atomic E-state index is -4.14. The van der Waals surface area contributed by atoms with Gasteiger partial charge < -0.3 is 19.3 Å². The predicted octanol–water partition coefficient (Wildman–Crippen LogP) is 2.18. The molecule has 25 heavy (non-hydrogen) atoms. The van der Waals surface area contributed by atoms with E-state index in [9.17, 15) is 19.4 Å². The molecule has 0 radical (unpaired) electrons. The van der Waals surface area contributed by atoms with E-state index in [1.807, 2.05) is 6.92 Å². The van der Waals surface area contributed by atoms with Crippen molar-refractivity contribution in [1.29, 1.82) is 0 Å². The van der Waals surface area contributed by atoms with E-state index < -0.39 is 25.3 Å². The second-order valence-corrected chi connectivity index (χ2v) is 8.29. The third-order valence-corrected chi connectivity index (χ3v) is 6.56. The first-order valence-electron chi connectivity index (χ1n) is 7.82. The molecule has 2 rings (SSSR count). The van der Waals surface area contributed by atoms with Crippen LogP contribution in [0, 0.1) is 6.92 Å². The van der Waals surface area contributed by atoms with E-state index in [1.54, 1.807) is 24.3 Å². The molecule has 0 saturated carbocycles. The van der Waals surface area contributed by atoms with Crippen molar-refractivity contribution in [2.45, 2.75) is 24.9 Å². The number of rotatable bonds is 7. The van der Waals surface area contributed by atoms with Crippen LogP contribution in [0.2, 0.25) is 0 Å². The van der Waals surface area contributed by atoms with Gasteiger partial charge in [-0.2, -0.15) is 5.06 Å². The van der Waals surface area contributed by atoms with Gasteiger partial charge in [-0.05, 0) is 31.9 Å². The van der Waals surface area contributed by atoms with Gasteiger partial charge >= 0.3 is 13.6 Å². The van der Waals surface area contributed by atoms with Gasteiger partial charge in [0.2, 0.25) is 0 Å².